The van der Waals surface area contributed by atoms with Gasteiger partial charge in [-0.15, -0.1) is 5.10 Å². The van der Waals surface area contributed by atoms with Crippen LogP contribution >= 0.6 is 11.3 Å². The minimum atomic E-state index is -0.0476. The maximum atomic E-state index is 12.8. The Morgan fingerprint density at radius 1 is 1.15 bits per heavy atom. The summed E-state index contributed by atoms with van der Waals surface area (Å²) in [5, 5.41) is 5.14. The number of aryl methyl sites for hydroxylation is 1. The number of ether oxygens (including phenoxy) is 2. The summed E-state index contributed by atoms with van der Waals surface area (Å²) < 4.78 is 13.2. The Morgan fingerprint density at radius 3 is 2.63 bits per heavy atom. The molecule has 9 heteroatoms. The first-order chi connectivity index (χ1) is 13.1. The highest BCUT2D eigenvalue weighted by atomic mass is 32.1. The molecule has 1 aromatic carbocycles. The average Bonchev–Trinajstić information content (AvgIpc) is 3.29. The molecule has 0 aliphatic carbocycles. The standard InChI is InChI=1S/C18H21N5O3S/c1-21-11-13(16(20-21)26-3)17(24)22-6-8-23(9-7-22)18-19-14-5-4-12(25-2)10-15(14)27-18/h4-5,10-11H,6-9H2,1-3H3. The van der Waals surface area contributed by atoms with Gasteiger partial charge >= 0.3 is 0 Å². The first-order valence-electron chi connectivity index (χ1n) is 8.65. The normalized spacial score (nSPS) is 14.6. The number of benzene rings is 1. The van der Waals surface area contributed by atoms with E-state index in [1.165, 1.54) is 7.11 Å². The van der Waals surface area contributed by atoms with Crippen molar-refractivity contribution in [2.75, 3.05) is 45.3 Å². The molecule has 1 fully saturated rings. The van der Waals surface area contributed by atoms with Gasteiger partial charge in [0.15, 0.2) is 5.13 Å². The monoisotopic (exact) mass is 387 g/mol. The Labute approximate surface area is 160 Å². The van der Waals surface area contributed by atoms with Gasteiger partial charge in [-0.1, -0.05) is 11.3 Å². The van der Waals surface area contributed by atoms with Crippen LogP contribution in [0, 0.1) is 0 Å². The Kier molecular flexibility index (Phi) is 4.61. The lowest BCUT2D eigenvalue weighted by molar-refractivity contribution is 0.0743. The molecule has 0 N–H and O–H groups in total. The van der Waals surface area contributed by atoms with Crippen LogP contribution in [-0.2, 0) is 7.05 Å². The van der Waals surface area contributed by atoms with Crippen molar-refractivity contribution in [2.24, 2.45) is 7.05 Å². The molecule has 0 saturated carbocycles. The lowest BCUT2D eigenvalue weighted by Gasteiger charge is -2.34. The van der Waals surface area contributed by atoms with E-state index in [1.54, 1.807) is 36.4 Å². The fraction of sp³-hybridized carbons (Fsp3) is 0.389. The summed E-state index contributed by atoms with van der Waals surface area (Å²) in [6.07, 6.45) is 1.70. The van der Waals surface area contributed by atoms with Gasteiger partial charge in [0.2, 0.25) is 5.88 Å². The number of fused-ring (bicyclic) bond motifs is 1. The molecule has 3 aromatic rings. The molecule has 1 saturated heterocycles. The first-order valence-corrected chi connectivity index (χ1v) is 9.47. The number of carbonyl (C=O) groups excluding carboxylic acids is 1. The second kappa shape index (κ2) is 7.07. The van der Waals surface area contributed by atoms with Crippen molar-refractivity contribution in [2.45, 2.75) is 0 Å². The van der Waals surface area contributed by atoms with Crippen molar-refractivity contribution >= 4 is 32.6 Å². The number of thiazole rings is 1. The minimum Gasteiger partial charge on any atom is -0.497 e. The summed E-state index contributed by atoms with van der Waals surface area (Å²) in [4.78, 5) is 21.6. The summed E-state index contributed by atoms with van der Waals surface area (Å²) in [5.41, 5.74) is 1.47. The molecule has 0 bridgehead atoms. The Bertz CT molecular complexity index is 975. The lowest BCUT2D eigenvalue weighted by Crippen LogP contribution is -2.48. The molecule has 27 heavy (non-hydrogen) atoms. The number of methoxy groups -OCH3 is 2. The molecule has 0 radical (unpaired) electrons. The van der Waals surface area contributed by atoms with E-state index in [0.29, 0.717) is 24.5 Å². The van der Waals surface area contributed by atoms with E-state index in [-0.39, 0.29) is 5.91 Å². The molecule has 142 valence electrons. The second-order valence-electron chi connectivity index (χ2n) is 6.34. The Morgan fingerprint density at radius 2 is 1.93 bits per heavy atom. The van der Waals surface area contributed by atoms with Gasteiger partial charge in [-0.05, 0) is 18.2 Å². The van der Waals surface area contributed by atoms with Crippen LogP contribution in [0.5, 0.6) is 11.6 Å². The molecule has 0 atom stereocenters. The van der Waals surface area contributed by atoms with E-state index >= 15 is 0 Å². The highest BCUT2D eigenvalue weighted by molar-refractivity contribution is 7.22. The van der Waals surface area contributed by atoms with Crippen molar-refractivity contribution < 1.29 is 14.3 Å². The van der Waals surface area contributed by atoms with Crippen LogP contribution in [0.4, 0.5) is 5.13 Å². The zero-order valence-corrected chi connectivity index (χ0v) is 16.3. The zero-order chi connectivity index (χ0) is 19.0. The summed E-state index contributed by atoms with van der Waals surface area (Å²) >= 11 is 1.65. The van der Waals surface area contributed by atoms with Crippen molar-refractivity contribution in [1.82, 2.24) is 19.7 Å². The van der Waals surface area contributed by atoms with Crippen LogP contribution in [0.3, 0.4) is 0 Å². The zero-order valence-electron chi connectivity index (χ0n) is 15.5. The number of piperazine rings is 1. The van der Waals surface area contributed by atoms with Crippen LogP contribution in [0.1, 0.15) is 10.4 Å². The lowest BCUT2D eigenvalue weighted by atomic mass is 10.2. The van der Waals surface area contributed by atoms with Crippen molar-refractivity contribution in [1.29, 1.82) is 0 Å². The van der Waals surface area contributed by atoms with Crippen molar-refractivity contribution in [3.63, 3.8) is 0 Å². The first kappa shape index (κ1) is 17.6. The number of hydrogen-bond donors (Lipinski definition) is 0. The number of aromatic nitrogens is 3. The van der Waals surface area contributed by atoms with Crippen LogP contribution in [0.25, 0.3) is 10.2 Å². The maximum absolute atomic E-state index is 12.8. The molecule has 8 nitrogen and oxygen atoms in total. The third-order valence-corrected chi connectivity index (χ3v) is 5.72. The second-order valence-corrected chi connectivity index (χ2v) is 7.34. The fourth-order valence-electron chi connectivity index (χ4n) is 3.19. The van der Waals surface area contributed by atoms with E-state index in [4.69, 9.17) is 14.5 Å². The SMILES string of the molecule is COc1ccc2nc(N3CCN(C(=O)c4cn(C)nc4OC)CC3)sc2c1. The average molecular weight is 387 g/mol. The van der Waals surface area contributed by atoms with Gasteiger partial charge in [-0.2, -0.15) is 0 Å². The predicted molar refractivity (Wildman–Crippen MR) is 104 cm³/mol. The predicted octanol–water partition coefficient (Wildman–Crippen LogP) is 2.01. The van der Waals surface area contributed by atoms with Gasteiger partial charge in [0.05, 0.1) is 24.4 Å². The smallest absolute Gasteiger partial charge is 0.261 e. The van der Waals surface area contributed by atoms with Crippen LogP contribution in [0.2, 0.25) is 0 Å². The highest BCUT2D eigenvalue weighted by Gasteiger charge is 2.27. The topological polar surface area (TPSA) is 72.7 Å². The van der Waals surface area contributed by atoms with Crippen LogP contribution in [-0.4, -0.2) is 66.0 Å². The summed E-state index contributed by atoms with van der Waals surface area (Å²) in [6.45, 7) is 2.75. The van der Waals surface area contributed by atoms with E-state index in [1.807, 2.05) is 23.1 Å². The molecular weight excluding hydrogens is 366 g/mol. The molecule has 2 aromatic heterocycles. The third kappa shape index (κ3) is 3.30. The molecule has 0 spiro atoms. The van der Waals surface area contributed by atoms with Gasteiger partial charge in [-0.25, -0.2) is 4.98 Å². The maximum Gasteiger partial charge on any atom is 0.261 e. The molecule has 1 aliphatic heterocycles. The number of carbonyl (C=O) groups is 1. The molecule has 1 amide bonds. The van der Waals surface area contributed by atoms with Gasteiger partial charge < -0.3 is 19.3 Å². The summed E-state index contributed by atoms with van der Waals surface area (Å²) in [6, 6.07) is 5.90. The molecule has 1 aliphatic rings. The van der Waals surface area contributed by atoms with Crippen molar-refractivity contribution in [3.05, 3.63) is 30.0 Å². The summed E-state index contributed by atoms with van der Waals surface area (Å²) in [5.74, 6) is 1.15. The van der Waals surface area contributed by atoms with E-state index in [9.17, 15) is 4.79 Å². The fourth-order valence-corrected chi connectivity index (χ4v) is 4.24. The van der Waals surface area contributed by atoms with Gasteiger partial charge in [0.1, 0.15) is 11.3 Å². The van der Waals surface area contributed by atoms with E-state index < -0.39 is 0 Å². The van der Waals surface area contributed by atoms with Gasteiger partial charge in [0, 0.05) is 39.4 Å². The van der Waals surface area contributed by atoms with Gasteiger partial charge in [-0.3, -0.25) is 9.48 Å². The quantitative estimate of drug-likeness (QED) is 0.682. The number of nitrogens with zero attached hydrogens (tertiary/aromatic N) is 5. The highest BCUT2D eigenvalue weighted by Crippen LogP contribution is 2.32. The molecule has 3 heterocycles. The van der Waals surface area contributed by atoms with Gasteiger partial charge in [0.25, 0.3) is 5.91 Å². The van der Waals surface area contributed by atoms with Crippen LogP contribution in [0.15, 0.2) is 24.4 Å². The largest absolute Gasteiger partial charge is 0.497 e. The Hall–Kier alpha value is -2.81. The van der Waals surface area contributed by atoms with E-state index in [0.717, 1.165) is 34.2 Å². The number of hydrogen-bond acceptors (Lipinski definition) is 7. The molecule has 4 rings (SSSR count). The Balaban J connectivity index is 1.46. The minimum absolute atomic E-state index is 0.0476. The number of amides is 1. The third-order valence-electron chi connectivity index (χ3n) is 4.64. The number of anilines is 1. The van der Waals surface area contributed by atoms with E-state index in [2.05, 4.69) is 10.00 Å². The molecular formula is C18H21N5O3S. The van der Waals surface area contributed by atoms with Crippen LogP contribution < -0.4 is 14.4 Å². The number of rotatable bonds is 4. The van der Waals surface area contributed by atoms with Crippen molar-refractivity contribution in [3.8, 4) is 11.6 Å². The summed E-state index contributed by atoms with van der Waals surface area (Å²) in [7, 11) is 4.97. The molecule has 0 unspecified atom stereocenters.